The predicted octanol–water partition coefficient (Wildman–Crippen LogP) is 5.20. The van der Waals surface area contributed by atoms with E-state index in [0.717, 1.165) is 17.2 Å². The molecule has 45 heavy (non-hydrogen) atoms. The number of alkyl halides is 5. The van der Waals surface area contributed by atoms with Gasteiger partial charge in [-0.1, -0.05) is 48.5 Å². The van der Waals surface area contributed by atoms with Crippen LogP contribution in [0.1, 0.15) is 38.7 Å². The number of aliphatic hydroxyl groups is 3. The van der Waals surface area contributed by atoms with Crippen LogP contribution < -0.4 is 0 Å². The normalized spacial score (nSPS) is 38.1. The van der Waals surface area contributed by atoms with E-state index in [1.54, 1.807) is 31.2 Å². The number of benzene rings is 1. The fourth-order valence-corrected chi connectivity index (χ4v) is 9.78. The van der Waals surface area contributed by atoms with Gasteiger partial charge in [0.05, 0.1) is 11.9 Å². The van der Waals surface area contributed by atoms with Crippen LogP contribution in [-0.2, 0) is 16.1 Å². The number of hydrogen-bond acceptors (Lipinski definition) is 8. The number of allylic oxidation sites excluding steroid dienone is 4. The zero-order valence-electron chi connectivity index (χ0n) is 24.5. The van der Waals surface area contributed by atoms with Crippen molar-refractivity contribution >= 4 is 34.3 Å². The molecule has 14 heteroatoms. The van der Waals surface area contributed by atoms with E-state index in [0.29, 0.717) is 10.6 Å². The lowest BCUT2D eigenvalue weighted by atomic mass is 9.45. The van der Waals surface area contributed by atoms with E-state index in [1.165, 1.54) is 13.0 Å². The molecular weight excluding hydrogens is 645 g/mol. The summed E-state index contributed by atoms with van der Waals surface area (Å²) in [6, 6.07) is 6.57. The van der Waals surface area contributed by atoms with Crippen molar-refractivity contribution in [3.63, 3.8) is 0 Å². The van der Waals surface area contributed by atoms with Crippen LogP contribution in [0.5, 0.6) is 0 Å². The summed E-state index contributed by atoms with van der Waals surface area (Å²) in [7, 11) is 0. The number of carbonyl (C=O) groups is 2. The molecule has 9 atom stereocenters. The summed E-state index contributed by atoms with van der Waals surface area (Å²) in [5.41, 5.74) is -4.79. The van der Waals surface area contributed by atoms with E-state index in [9.17, 15) is 43.3 Å². The van der Waals surface area contributed by atoms with Crippen molar-refractivity contribution in [2.24, 2.45) is 34.5 Å². The van der Waals surface area contributed by atoms with Crippen LogP contribution in [0.25, 0.3) is 0 Å². The molecule has 248 valence electrons. The first kappa shape index (κ1) is 34.5. The van der Waals surface area contributed by atoms with E-state index < -0.39 is 87.5 Å². The molecule has 0 heterocycles. The van der Waals surface area contributed by atoms with Gasteiger partial charge in [0.25, 0.3) is 5.79 Å². The molecule has 1 aromatic carbocycles. The Morgan fingerprint density at radius 1 is 1.13 bits per heavy atom. The van der Waals surface area contributed by atoms with Gasteiger partial charge in [0.2, 0.25) is 0 Å². The molecule has 0 aliphatic heterocycles. The van der Waals surface area contributed by atoms with Crippen LogP contribution in [0.3, 0.4) is 0 Å². The topological polar surface area (TPSA) is 118 Å². The van der Waals surface area contributed by atoms with Crippen LogP contribution in [0, 0.1) is 34.5 Å². The molecular formula is C31H35ClF5NO6S. The van der Waals surface area contributed by atoms with Gasteiger partial charge < -0.3 is 20.5 Å². The maximum Gasteiger partial charge on any atom is 0.443 e. The first-order valence-electron chi connectivity index (χ1n) is 14.6. The third-order valence-electron chi connectivity index (χ3n) is 10.6. The van der Waals surface area contributed by atoms with Gasteiger partial charge in [-0.05, 0) is 78.9 Å². The molecule has 0 radical (unpaired) electrons. The SMILES string of the molecule is C[C@]12C[C@H](O)[C@@]3(F)[C@@H](C[C@H](F)C4=CC(=O)C=C[C@@]43C)C1C[C@@H](CN(O)Cc1ccc(Cl)cc1)[C@@H]2C(=O)SCC(O)(O)C(F)(F)F. The summed E-state index contributed by atoms with van der Waals surface area (Å²) in [5.74, 6) is -9.95. The predicted molar refractivity (Wildman–Crippen MR) is 155 cm³/mol. The molecule has 0 amide bonds. The van der Waals surface area contributed by atoms with Crippen LogP contribution in [0.4, 0.5) is 22.0 Å². The Kier molecular flexibility index (Phi) is 8.94. The van der Waals surface area contributed by atoms with E-state index in [4.69, 9.17) is 11.6 Å². The van der Waals surface area contributed by atoms with Crippen LogP contribution in [0.15, 0.2) is 48.1 Å². The smallest absolute Gasteiger partial charge is 0.390 e. The summed E-state index contributed by atoms with van der Waals surface area (Å²) in [6.45, 7) is 2.86. The molecule has 7 nitrogen and oxygen atoms in total. The minimum Gasteiger partial charge on any atom is -0.390 e. The van der Waals surface area contributed by atoms with Crippen molar-refractivity contribution in [1.82, 2.24) is 5.06 Å². The van der Waals surface area contributed by atoms with Gasteiger partial charge in [0, 0.05) is 35.4 Å². The highest BCUT2D eigenvalue weighted by Gasteiger charge is 2.73. The van der Waals surface area contributed by atoms with Gasteiger partial charge in [-0.15, -0.1) is 0 Å². The van der Waals surface area contributed by atoms with Crippen molar-refractivity contribution in [1.29, 1.82) is 0 Å². The number of rotatable bonds is 7. The Morgan fingerprint density at radius 3 is 2.40 bits per heavy atom. The quantitative estimate of drug-likeness (QED) is 0.177. The zero-order valence-corrected chi connectivity index (χ0v) is 26.0. The van der Waals surface area contributed by atoms with Gasteiger partial charge >= 0.3 is 6.18 Å². The molecule has 0 saturated heterocycles. The summed E-state index contributed by atoms with van der Waals surface area (Å²) < 4.78 is 72.9. The number of carbonyl (C=O) groups excluding carboxylic acids is 2. The molecule has 3 saturated carbocycles. The second kappa shape index (κ2) is 11.7. The molecule has 4 aliphatic carbocycles. The zero-order chi connectivity index (χ0) is 33.3. The van der Waals surface area contributed by atoms with Crippen molar-refractivity contribution in [2.45, 2.75) is 69.6 Å². The Balaban J connectivity index is 1.50. The van der Waals surface area contributed by atoms with Gasteiger partial charge in [0.15, 0.2) is 16.6 Å². The van der Waals surface area contributed by atoms with Gasteiger partial charge in [0.1, 0.15) is 6.17 Å². The Bertz CT molecular complexity index is 1410. The molecule has 1 unspecified atom stereocenters. The van der Waals surface area contributed by atoms with Gasteiger partial charge in [-0.25, -0.2) is 8.78 Å². The van der Waals surface area contributed by atoms with Crippen molar-refractivity contribution < 1.29 is 52.1 Å². The average Bonchev–Trinajstić information content (AvgIpc) is 3.21. The third kappa shape index (κ3) is 5.70. The van der Waals surface area contributed by atoms with Crippen molar-refractivity contribution in [3.8, 4) is 0 Å². The largest absolute Gasteiger partial charge is 0.443 e. The monoisotopic (exact) mass is 679 g/mol. The second-order valence-electron chi connectivity index (χ2n) is 13.3. The molecule has 3 fully saturated rings. The lowest BCUT2D eigenvalue weighted by Gasteiger charge is -2.62. The Morgan fingerprint density at radius 2 is 1.78 bits per heavy atom. The third-order valence-corrected chi connectivity index (χ3v) is 12.0. The number of ketones is 1. The molecule has 4 N–H and O–H groups in total. The number of aliphatic hydroxyl groups excluding tert-OH is 1. The Hall–Kier alpha value is -1.87. The molecule has 0 aromatic heterocycles. The standard InChI is InChI=1S/C31H35ClF5NO6S/c1-27-12-24(40)30(34)21(11-23(33)22-10-19(39)7-8-28(22,30)2)20(27)9-17(14-38(44)13-16-3-5-18(32)6-4-16)25(27)26(41)45-15-29(42,43)31(35,36)37/h3-8,10,17,20-21,23-25,40,42-44H,9,11-15H2,1-2H3/t17-,20?,21-,23-,24-,25+,27-,28-,30-/m0/s1. The maximum atomic E-state index is 17.5. The summed E-state index contributed by atoms with van der Waals surface area (Å²) >= 11 is 6.00. The highest BCUT2D eigenvalue weighted by atomic mass is 35.5. The number of fused-ring (bicyclic) bond motifs is 5. The lowest BCUT2D eigenvalue weighted by Crippen LogP contribution is -2.68. The van der Waals surface area contributed by atoms with E-state index in [-0.39, 0.29) is 43.3 Å². The Labute approximate surface area is 266 Å². The fraction of sp³-hybridized carbons (Fsp3) is 0.613. The highest BCUT2D eigenvalue weighted by molar-refractivity contribution is 8.13. The molecule has 5 rings (SSSR count). The fourth-order valence-electron chi connectivity index (χ4n) is 8.51. The number of halogens is 6. The first-order valence-corrected chi connectivity index (χ1v) is 15.9. The van der Waals surface area contributed by atoms with Crippen LogP contribution in [-0.4, -0.2) is 78.7 Å². The molecule has 0 bridgehead atoms. The van der Waals surface area contributed by atoms with Gasteiger partial charge in [-0.3, -0.25) is 9.59 Å². The lowest BCUT2D eigenvalue weighted by molar-refractivity contribution is -0.336. The number of thioether (sulfide) groups is 1. The number of hydroxylamine groups is 2. The second-order valence-corrected chi connectivity index (χ2v) is 14.7. The van der Waals surface area contributed by atoms with Crippen LogP contribution in [0.2, 0.25) is 5.02 Å². The molecule has 1 aromatic rings. The number of hydrogen-bond donors (Lipinski definition) is 4. The van der Waals surface area contributed by atoms with E-state index >= 15 is 8.78 Å². The highest BCUT2D eigenvalue weighted by Crippen LogP contribution is 2.70. The minimum absolute atomic E-state index is 0.00965. The number of nitrogens with zero attached hydrogens (tertiary/aromatic N) is 1. The van der Waals surface area contributed by atoms with Crippen molar-refractivity contribution in [2.75, 3.05) is 12.3 Å². The summed E-state index contributed by atoms with van der Waals surface area (Å²) in [6.07, 6.45) is -6.08. The average molecular weight is 680 g/mol. The summed E-state index contributed by atoms with van der Waals surface area (Å²) in [5, 5.41) is 42.2. The molecule has 0 spiro atoms. The first-order chi connectivity index (χ1) is 20.7. The van der Waals surface area contributed by atoms with E-state index in [1.807, 2.05) is 0 Å². The van der Waals surface area contributed by atoms with E-state index in [2.05, 4.69) is 0 Å². The van der Waals surface area contributed by atoms with Crippen LogP contribution >= 0.6 is 23.4 Å². The maximum absolute atomic E-state index is 17.5. The van der Waals surface area contributed by atoms with Crippen molar-refractivity contribution in [3.05, 3.63) is 58.7 Å². The molecule has 4 aliphatic rings. The van der Waals surface area contributed by atoms with Gasteiger partial charge in [-0.2, -0.15) is 18.2 Å². The summed E-state index contributed by atoms with van der Waals surface area (Å²) in [4.78, 5) is 25.9. The minimum atomic E-state index is -5.44.